The van der Waals surface area contributed by atoms with Gasteiger partial charge in [0.15, 0.2) is 5.96 Å². The summed E-state index contributed by atoms with van der Waals surface area (Å²) in [7, 11) is 4.03. The summed E-state index contributed by atoms with van der Waals surface area (Å²) in [5.74, 6) is 1.50. The van der Waals surface area contributed by atoms with Gasteiger partial charge in [-0.15, -0.1) is 0 Å². The maximum absolute atomic E-state index is 5.72. The van der Waals surface area contributed by atoms with Crippen LogP contribution in [0.25, 0.3) is 0 Å². The first-order chi connectivity index (χ1) is 12.8. The highest BCUT2D eigenvalue weighted by atomic mass is 16.5. The zero-order chi connectivity index (χ0) is 18.5. The van der Waals surface area contributed by atoms with Gasteiger partial charge in [0, 0.05) is 65.4 Å². The van der Waals surface area contributed by atoms with E-state index < -0.39 is 0 Å². The molecule has 2 aliphatic heterocycles. The predicted octanol–water partition coefficient (Wildman–Crippen LogP) is 0.622. The first kappa shape index (κ1) is 21.4. The van der Waals surface area contributed by atoms with E-state index in [1.165, 1.54) is 45.6 Å². The number of rotatable bonds is 11. The fourth-order valence-electron chi connectivity index (χ4n) is 3.31. The molecule has 7 heteroatoms. The number of hydrogen-bond acceptors (Lipinski definition) is 5. The van der Waals surface area contributed by atoms with E-state index in [0.717, 1.165) is 58.3 Å². The van der Waals surface area contributed by atoms with Crippen LogP contribution in [0, 0.1) is 5.92 Å². The normalized spacial score (nSPS) is 22.7. The molecule has 0 aromatic heterocycles. The highest BCUT2D eigenvalue weighted by Gasteiger charge is 2.15. The summed E-state index contributed by atoms with van der Waals surface area (Å²) >= 11 is 0. The fraction of sp³-hybridized carbons (Fsp3) is 0.947. The van der Waals surface area contributed by atoms with Crippen LogP contribution >= 0.6 is 0 Å². The van der Waals surface area contributed by atoms with Crippen molar-refractivity contribution in [2.45, 2.75) is 25.7 Å². The lowest BCUT2D eigenvalue weighted by atomic mass is 10.1. The molecule has 0 saturated carbocycles. The van der Waals surface area contributed by atoms with Gasteiger partial charge >= 0.3 is 0 Å². The van der Waals surface area contributed by atoms with Gasteiger partial charge in [0.1, 0.15) is 0 Å². The van der Waals surface area contributed by atoms with E-state index in [1.807, 2.05) is 7.05 Å². The third kappa shape index (κ3) is 9.16. The first-order valence-electron chi connectivity index (χ1n) is 10.3. The molecule has 1 atom stereocenters. The Labute approximate surface area is 159 Å². The Morgan fingerprint density at radius 2 is 1.88 bits per heavy atom. The van der Waals surface area contributed by atoms with E-state index in [9.17, 15) is 0 Å². The van der Waals surface area contributed by atoms with Crippen LogP contribution < -0.4 is 10.6 Å². The molecule has 7 nitrogen and oxygen atoms in total. The lowest BCUT2D eigenvalue weighted by molar-refractivity contribution is 0.0888. The van der Waals surface area contributed by atoms with E-state index in [-0.39, 0.29) is 0 Å². The zero-order valence-corrected chi connectivity index (χ0v) is 16.8. The Balaban J connectivity index is 1.39. The SMILES string of the molecule is CN=C(NCCCCN1CCN(C)CC1)NCCCOCC1CCOC1. The summed E-state index contributed by atoms with van der Waals surface area (Å²) in [5, 5.41) is 6.77. The lowest BCUT2D eigenvalue weighted by Gasteiger charge is -2.32. The number of piperazine rings is 1. The van der Waals surface area contributed by atoms with Gasteiger partial charge in [-0.3, -0.25) is 4.99 Å². The highest BCUT2D eigenvalue weighted by molar-refractivity contribution is 5.79. The van der Waals surface area contributed by atoms with Crippen LogP contribution in [-0.2, 0) is 9.47 Å². The standard InChI is InChI=1S/C19H39N5O2/c1-20-19(22-8-5-14-25-16-18-6-15-26-17-18)21-7-3-4-9-24-12-10-23(2)11-13-24/h18H,3-17H2,1-2H3,(H2,20,21,22). The molecule has 0 bridgehead atoms. The molecule has 0 spiro atoms. The molecule has 0 aliphatic carbocycles. The molecule has 26 heavy (non-hydrogen) atoms. The molecule has 2 N–H and O–H groups in total. The van der Waals surface area contributed by atoms with Gasteiger partial charge in [0.2, 0.25) is 0 Å². The topological polar surface area (TPSA) is 61.4 Å². The average molecular weight is 370 g/mol. The van der Waals surface area contributed by atoms with Gasteiger partial charge in [-0.2, -0.15) is 0 Å². The molecular weight excluding hydrogens is 330 g/mol. The van der Waals surface area contributed by atoms with Crippen molar-refractivity contribution < 1.29 is 9.47 Å². The van der Waals surface area contributed by atoms with E-state index in [4.69, 9.17) is 9.47 Å². The third-order valence-electron chi connectivity index (χ3n) is 5.15. The van der Waals surface area contributed by atoms with E-state index in [2.05, 4.69) is 32.5 Å². The lowest BCUT2D eigenvalue weighted by Crippen LogP contribution is -2.44. The number of ether oxygens (including phenoxy) is 2. The van der Waals surface area contributed by atoms with Gasteiger partial charge in [-0.25, -0.2) is 0 Å². The quantitative estimate of drug-likeness (QED) is 0.316. The second-order valence-corrected chi connectivity index (χ2v) is 7.44. The summed E-state index contributed by atoms with van der Waals surface area (Å²) in [6.07, 6.45) is 4.56. The molecule has 1 unspecified atom stereocenters. The summed E-state index contributed by atoms with van der Waals surface area (Å²) in [5.41, 5.74) is 0. The molecule has 0 aromatic rings. The second kappa shape index (κ2) is 13.3. The van der Waals surface area contributed by atoms with E-state index >= 15 is 0 Å². The number of nitrogens with one attached hydrogen (secondary N) is 2. The van der Waals surface area contributed by atoms with Crippen molar-refractivity contribution >= 4 is 5.96 Å². The van der Waals surface area contributed by atoms with Gasteiger partial charge in [0.05, 0.1) is 13.2 Å². The maximum atomic E-state index is 5.72. The van der Waals surface area contributed by atoms with Crippen molar-refractivity contribution in [1.82, 2.24) is 20.4 Å². The smallest absolute Gasteiger partial charge is 0.190 e. The Morgan fingerprint density at radius 1 is 1.12 bits per heavy atom. The van der Waals surface area contributed by atoms with Crippen molar-refractivity contribution in [3.63, 3.8) is 0 Å². The van der Waals surface area contributed by atoms with Crippen molar-refractivity contribution in [2.75, 3.05) is 86.3 Å². The Morgan fingerprint density at radius 3 is 2.58 bits per heavy atom. The number of likely N-dealkylation sites (N-methyl/N-ethyl adjacent to an activating group) is 1. The molecule has 0 amide bonds. The minimum absolute atomic E-state index is 0.600. The predicted molar refractivity (Wildman–Crippen MR) is 107 cm³/mol. The van der Waals surface area contributed by atoms with Crippen LogP contribution in [0.15, 0.2) is 4.99 Å². The van der Waals surface area contributed by atoms with Crippen LogP contribution in [-0.4, -0.2) is 102 Å². The summed E-state index contributed by atoms with van der Waals surface area (Å²) in [6.45, 7) is 11.3. The zero-order valence-electron chi connectivity index (χ0n) is 16.8. The molecule has 152 valence electrons. The van der Waals surface area contributed by atoms with Crippen LogP contribution in [0.5, 0.6) is 0 Å². The Hall–Kier alpha value is -0.890. The second-order valence-electron chi connectivity index (χ2n) is 7.44. The van der Waals surface area contributed by atoms with Crippen molar-refractivity contribution in [3.8, 4) is 0 Å². The molecule has 0 aromatic carbocycles. The fourth-order valence-corrected chi connectivity index (χ4v) is 3.31. The molecule has 2 saturated heterocycles. The number of nitrogens with zero attached hydrogens (tertiary/aromatic N) is 3. The average Bonchev–Trinajstić information content (AvgIpc) is 3.17. The van der Waals surface area contributed by atoms with Gasteiger partial charge in [-0.1, -0.05) is 0 Å². The molecule has 2 fully saturated rings. The number of hydrogen-bond donors (Lipinski definition) is 2. The summed E-state index contributed by atoms with van der Waals surface area (Å²) in [4.78, 5) is 9.26. The molecule has 0 radical (unpaired) electrons. The Bertz CT molecular complexity index is 380. The number of guanidine groups is 1. The van der Waals surface area contributed by atoms with Crippen molar-refractivity contribution in [2.24, 2.45) is 10.9 Å². The summed E-state index contributed by atoms with van der Waals surface area (Å²) in [6, 6.07) is 0. The van der Waals surface area contributed by atoms with Gasteiger partial charge in [-0.05, 0) is 39.3 Å². The van der Waals surface area contributed by atoms with Crippen molar-refractivity contribution in [3.05, 3.63) is 0 Å². The minimum Gasteiger partial charge on any atom is -0.381 e. The summed E-state index contributed by atoms with van der Waals surface area (Å²) < 4.78 is 11.1. The van der Waals surface area contributed by atoms with Crippen molar-refractivity contribution in [1.29, 1.82) is 0 Å². The largest absolute Gasteiger partial charge is 0.381 e. The number of aliphatic imine (C=N–C) groups is 1. The minimum atomic E-state index is 0.600. The molecule has 2 aliphatic rings. The van der Waals surface area contributed by atoms with Crippen LogP contribution in [0.2, 0.25) is 0 Å². The first-order valence-corrected chi connectivity index (χ1v) is 10.3. The monoisotopic (exact) mass is 369 g/mol. The molecule has 2 heterocycles. The molecular formula is C19H39N5O2. The van der Waals surface area contributed by atoms with Crippen LogP contribution in [0.3, 0.4) is 0 Å². The Kier molecular flexibility index (Phi) is 11.0. The van der Waals surface area contributed by atoms with Gasteiger partial charge < -0.3 is 29.9 Å². The maximum Gasteiger partial charge on any atom is 0.190 e. The van der Waals surface area contributed by atoms with Gasteiger partial charge in [0.25, 0.3) is 0 Å². The molecule has 2 rings (SSSR count). The third-order valence-corrected chi connectivity index (χ3v) is 5.15. The van der Waals surface area contributed by atoms with Crippen LogP contribution in [0.4, 0.5) is 0 Å². The van der Waals surface area contributed by atoms with Crippen LogP contribution in [0.1, 0.15) is 25.7 Å². The van der Waals surface area contributed by atoms with E-state index in [0.29, 0.717) is 5.92 Å². The number of unbranched alkanes of at least 4 members (excludes halogenated alkanes) is 1. The van der Waals surface area contributed by atoms with E-state index in [1.54, 1.807) is 0 Å². The highest BCUT2D eigenvalue weighted by Crippen LogP contribution is 2.12.